The molecule has 2 nitrogen and oxygen atoms in total. The lowest BCUT2D eigenvalue weighted by Gasteiger charge is -2.06. The summed E-state index contributed by atoms with van der Waals surface area (Å²) in [5, 5.41) is 3.07. The minimum atomic E-state index is 0.841. The van der Waals surface area contributed by atoms with E-state index >= 15 is 0 Å². The Morgan fingerprint density at radius 3 is 2.82 bits per heavy atom. The summed E-state index contributed by atoms with van der Waals surface area (Å²) in [7, 11) is 1.92. The first-order valence-corrected chi connectivity index (χ1v) is 3.74. The Hall–Kier alpha value is -1.02. The van der Waals surface area contributed by atoms with E-state index in [0.29, 0.717) is 0 Å². The SMILES string of the molecule is CNCc1cccc(C)c1N. The van der Waals surface area contributed by atoms with E-state index in [0.717, 1.165) is 17.8 Å². The van der Waals surface area contributed by atoms with Crippen LogP contribution in [0.3, 0.4) is 0 Å². The molecule has 0 radical (unpaired) electrons. The fourth-order valence-corrected chi connectivity index (χ4v) is 1.09. The monoisotopic (exact) mass is 150 g/mol. The molecule has 3 N–H and O–H groups in total. The van der Waals surface area contributed by atoms with Crippen LogP contribution in [0, 0.1) is 6.92 Å². The summed E-state index contributed by atoms with van der Waals surface area (Å²) in [6.45, 7) is 2.86. The molecule has 0 saturated carbocycles. The molecule has 0 aliphatic rings. The number of benzene rings is 1. The highest BCUT2D eigenvalue weighted by Gasteiger charge is 1.98. The zero-order valence-electron chi connectivity index (χ0n) is 7.02. The Kier molecular flexibility index (Phi) is 2.49. The first kappa shape index (κ1) is 8.08. The predicted octanol–water partition coefficient (Wildman–Crippen LogP) is 1.30. The molecule has 2 heteroatoms. The van der Waals surface area contributed by atoms with Gasteiger partial charge in [-0.3, -0.25) is 0 Å². The van der Waals surface area contributed by atoms with Gasteiger partial charge in [0.2, 0.25) is 0 Å². The standard InChI is InChI=1S/C9H14N2/c1-7-4-3-5-8(6-11-2)9(7)10/h3-5,11H,6,10H2,1-2H3. The van der Waals surface area contributed by atoms with Crippen LogP contribution in [0.4, 0.5) is 5.69 Å². The van der Waals surface area contributed by atoms with Crippen LogP contribution in [0.25, 0.3) is 0 Å². The van der Waals surface area contributed by atoms with Gasteiger partial charge in [0.15, 0.2) is 0 Å². The van der Waals surface area contributed by atoms with Crippen LogP contribution in [0.15, 0.2) is 18.2 Å². The van der Waals surface area contributed by atoms with Gasteiger partial charge in [-0.2, -0.15) is 0 Å². The van der Waals surface area contributed by atoms with Crippen LogP contribution in [0.2, 0.25) is 0 Å². The number of rotatable bonds is 2. The van der Waals surface area contributed by atoms with Crippen molar-refractivity contribution >= 4 is 5.69 Å². The third-order valence-electron chi connectivity index (χ3n) is 1.78. The number of nitrogen functional groups attached to an aromatic ring is 1. The largest absolute Gasteiger partial charge is 0.398 e. The fourth-order valence-electron chi connectivity index (χ4n) is 1.09. The van der Waals surface area contributed by atoms with E-state index in [1.165, 1.54) is 5.56 Å². The molecule has 0 atom stereocenters. The zero-order valence-corrected chi connectivity index (χ0v) is 7.02. The maximum atomic E-state index is 5.83. The number of nitrogens with one attached hydrogen (secondary N) is 1. The second-order valence-corrected chi connectivity index (χ2v) is 2.68. The van der Waals surface area contributed by atoms with E-state index in [2.05, 4.69) is 5.32 Å². The van der Waals surface area contributed by atoms with Crippen LogP contribution in [-0.4, -0.2) is 7.05 Å². The molecule has 0 saturated heterocycles. The van der Waals surface area contributed by atoms with Gasteiger partial charge in [-0.25, -0.2) is 0 Å². The quantitative estimate of drug-likeness (QED) is 0.623. The number of nitrogens with two attached hydrogens (primary N) is 1. The van der Waals surface area contributed by atoms with E-state index in [-0.39, 0.29) is 0 Å². The number of anilines is 1. The van der Waals surface area contributed by atoms with Crippen molar-refractivity contribution in [2.75, 3.05) is 12.8 Å². The van der Waals surface area contributed by atoms with Gasteiger partial charge < -0.3 is 11.1 Å². The molecule has 0 amide bonds. The normalized spacial score (nSPS) is 10.0. The van der Waals surface area contributed by atoms with Crippen LogP contribution >= 0.6 is 0 Å². The van der Waals surface area contributed by atoms with Gasteiger partial charge in [-0.15, -0.1) is 0 Å². The summed E-state index contributed by atoms with van der Waals surface area (Å²) >= 11 is 0. The lowest BCUT2D eigenvalue weighted by atomic mass is 10.1. The predicted molar refractivity (Wildman–Crippen MR) is 48.4 cm³/mol. The minimum Gasteiger partial charge on any atom is -0.398 e. The van der Waals surface area contributed by atoms with Gasteiger partial charge in [-0.1, -0.05) is 18.2 Å². The van der Waals surface area contributed by atoms with E-state index in [1.807, 2.05) is 32.2 Å². The Morgan fingerprint density at radius 2 is 2.18 bits per heavy atom. The molecule has 1 aromatic carbocycles. The van der Waals surface area contributed by atoms with Gasteiger partial charge >= 0.3 is 0 Å². The molecule has 1 rings (SSSR count). The Labute approximate surface area is 67.4 Å². The molecular formula is C9H14N2. The molecule has 60 valence electrons. The molecule has 0 bridgehead atoms. The number of hydrogen-bond acceptors (Lipinski definition) is 2. The molecule has 0 aliphatic carbocycles. The zero-order chi connectivity index (χ0) is 8.27. The first-order valence-electron chi connectivity index (χ1n) is 3.74. The maximum absolute atomic E-state index is 5.83. The van der Waals surface area contributed by atoms with Crippen molar-refractivity contribution in [1.82, 2.24) is 5.32 Å². The van der Waals surface area contributed by atoms with E-state index in [1.54, 1.807) is 0 Å². The van der Waals surface area contributed by atoms with Gasteiger partial charge in [0.1, 0.15) is 0 Å². The lowest BCUT2D eigenvalue weighted by molar-refractivity contribution is 0.819. The molecule has 0 heterocycles. The van der Waals surface area contributed by atoms with Gasteiger partial charge in [0, 0.05) is 12.2 Å². The van der Waals surface area contributed by atoms with Crippen LogP contribution in [0.1, 0.15) is 11.1 Å². The molecule has 0 fully saturated rings. The van der Waals surface area contributed by atoms with Gasteiger partial charge in [0.05, 0.1) is 0 Å². The summed E-state index contributed by atoms with van der Waals surface area (Å²) in [6.07, 6.45) is 0. The average Bonchev–Trinajstić information content (AvgIpc) is 1.99. The van der Waals surface area contributed by atoms with E-state index < -0.39 is 0 Å². The lowest BCUT2D eigenvalue weighted by Crippen LogP contribution is -2.08. The summed E-state index contributed by atoms with van der Waals surface area (Å²) < 4.78 is 0. The second-order valence-electron chi connectivity index (χ2n) is 2.68. The Balaban J connectivity index is 2.96. The fraction of sp³-hybridized carbons (Fsp3) is 0.333. The minimum absolute atomic E-state index is 0.841. The summed E-state index contributed by atoms with van der Waals surface area (Å²) in [5.41, 5.74) is 9.06. The summed E-state index contributed by atoms with van der Waals surface area (Å²) in [5.74, 6) is 0. The van der Waals surface area contributed by atoms with Crippen molar-refractivity contribution in [2.24, 2.45) is 0 Å². The third-order valence-corrected chi connectivity index (χ3v) is 1.78. The van der Waals surface area contributed by atoms with Crippen molar-refractivity contribution in [1.29, 1.82) is 0 Å². The van der Waals surface area contributed by atoms with Crippen molar-refractivity contribution < 1.29 is 0 Å². The Morgan fingerprint density at radius 1 is 1.45 bits per heavy atom. The van der Waals surface area contributed by atoms with Crippen molar-refractivity contribution in [3.63, 3.8) is 0 Å². The Bertz CT molecular complexity index is 243. The summed E-state index contributed by atoms with van der Waals surface area (Å²) in [6, 6.07) is 6.09. The molecule has 11 heavy (non-hydrogen) atoms. The van der Waals surface area contributed by atoms with Crippen molar-refractivity contribution in [3.05, 3.63) is 29.3 Å². The van der Waals surface area contributed by atoms with Gasteiger partial charge in [-0.05, 0) is 25.1 Å². The maximum Gasteiger partial charge on any atom is 0.0389 e. The third kappa shape index (κ3) is 1.71. The highest BCUT2D eigenvalue weighted by Crippen LogP contribution is 2.15. The molecule has 0 aliphatic heterocycles. The van der Waals surface area contributed by atoms with Gasteiger partial charge in [0.25, 0.3) is 0 Å². The number of aryl methyl sites for hydroxylation is 1. The average molecular weight is 150 g/mol. The topological polar surface area (TPSA) is 38.0 Å². The van der Waals surface area contributed by atoms with E-state index in [4.69, 9.17) is 5.73 Å². The highest BCUT2D eigenvalue weighted by atomic mass is 14.8. The molecule has 1 aromatic rings. The van der Waals surface area contributed by atoms with Crippen LogP contribution in [0.5, 0.6) is 0 Å². The number of para-hydroxylation sites is 1. The molecule has 0 unspecified atom stereocenters. The van der Waals surface area contributed by atoms with Crippen LogP contribution < -0.4 is 11.1 Å². The van der Waals surface area contributed by atoms with Crippen molar-refractivity contribution in [2.45, 2.75) is 13.5 Å². The molecule has 0 spiro atoms. The number of hydrogen-bond donors (Lipinski definition) is 2. The molecule has 0 aromatic heterocycles. The van der Waals surface area contributed by atoms with Crippen LogP contribution in [-0.2, 0) is 6.54 Å². The first-order chi connectivity index (χ1) is 5.25. The second kappa shape index (κ2) is 3.39. The smallest absolute Gasteiger partial charge is 0.0389 e. The summed E-state index contributed by atoms with van der Waals surface area (Å²) in [4.78, 5) is 0. The van der Waals surface area contributed by atoms with E-state index in [9.17, 15) is 0 Å². The highest BCUT2D eigenvalue weighted by molar-refractivity contribution is 5.52. The van der Waals surface area contributed by atoms with Crippen molar-refractivity contribution in [3.8, 4) is 0 Å². The molecular weight excluding hydrogens is 136 g/mol.